The average molecular weight is 507 g/mol. The molecule has 3 amide bonds. The number of nitrogens with two attached hydrogens (primary N) is 1. The van der Waals surface area contributed by atoms with Crippen molar-refractivity contribution in [3.8, 4) is 5.75 Å². The zero-order valence-corrected chi connectivity index (χ0v) is 19.4. The SMILES string of the molecule is CC(O)C(N)C(=O)NC(Cc1cnc[nH]1)C(=O)NC(CO)C(=O)NC(Cc1ccc(O)cc1)C(=O)O. The molecule has 1 heterocycles. The summed E-state index contributed by atoms with van der Waals surface area (Å²) in [5.41, 5.74) is 6.60. The van der Waals surface area contributed by atoms with E-state index in [1.807, 2.05) is 0 Å². The zero-order valence-electron chi connectivity index (χ0n) is 19.4. The number of hydrogen-bond donors (Lipinski definition) is 9. The van der Waals surface area contributed by atoms with E-state index >= 15 is 0 Å². The summed E-state index contributed by atoms with van der Waals surface area (Å²) in [5, 5.41) is 45.1. The summed E-state index contributed by atoms with van der Waals surface area (Å²) in [4.78, 5) is 56.2. The van der Waals surface area contributed by atoms with Crippen molar-refractivity contribution in [1.29, 1.82) is 0 Å². The van der Waals surface area contributed by atoms with Crippen LogP contribution in [0.3, 0.4) is 0 Å². The third-order valence-electron chi connectivity index (χ3n) is 5.24. The normalized spacial score (nSPS) is 15.1. The minimum Gasteiger partial charge on any atom is -0.508 e. The molecular formula is C22H30N6O8. The van der Waals surface area contributed by atoms with Crippen LogP contribution in [0.2, 0.25) is 0 Å². The van der Waals surface area contributed by atoms with Gasteiger partial charge in [-0.3, -0.25) is 14.4 Å². The predicted octanol–water partition coefficient (Wildman–Crippen LogP) is -2.86. The van der Waals surface area contributed by atoms with Gasteiger partial charge < -0.3 is 47.1 Å². The molecule has 14 nitrogen and oxygen atoms in total. The Balaban J connectivity index is 2.10. The number of phenolic OH excluding ortho intramolecular Hbond substituents is 1. The number of rotatable bonds is 13. The summed E-state index contributed by atoms with van der Waals surface area (Å²) in [5.74, 6) is -4.02. The molecule has 0 aliphatic carbocycles. The number of benzene rings is 1. The topological polar surface area (TPSA) is 240 Å². The van der Waals surface area contributed by atoms with Crippen molar-refractivity contribution in [3.63, 3.8) is 0 Å². The van der Waals surface area contributed by atoms with Gasteiger partial charge in [-0.25, -0.2) is 9.78 Å². The number of nitrogens with one attached hydrogen (secondary N) is 4. The Morgan fingerprint density at radius 2 is 1.56 bits per heavy atom. The van der Waals surface area contributed by atoms with Gasteiger partial charge in [0.25, 0.3) is 0 Å². The lowest BCUT2D eigenvalue weighted by Crippen LogP contribution is -2.59. The standard InChI is InChI=1S/C22H30N6O8/c1-11(30)18(23)21(34)26-15(7-13-8-24-10-25-13)19(32)28-17(9-29)20(33)27-16(22(35)36)6-12-2-4-14(31)5-3-12/h2-5,8,10-11,15-18,29-31H,6-7,9,23H2,1H3,(H,24,25)(H,26,34)(H,27,33)(H,28,32)(H,35,36). The van der Waals surface area contributed by atoms with Gasteiger partial charge in [0.05, 0.1) is 19.0 Å². The van der Waals surface area contributed by atoms with Crippen LogP contribution in [0.25, 0.3) is 0 Å². The van der Waals surface area contributed by atoms with Crippen LogP contribution in [-0.2, 0) is 32.0 Å². The van der Waals surface area contributed by atoms with E-state index in [0.29, 0.717) is 11.3 Å². The second-order valence-corrected chi connectivity index (χ2v) is 8.12. The van der Waals surface area contributed by atoms with Gasteiger partial charge in [-0.1, -0.05) is 12.1 Å². The quantitative estimate of drug-likeness (QED) is 0.135. The van der Waals surface area contributed by atoms with Gasteiger partial charge in [-0.2, -0.15) is 0 Å². The molecule has 1 aromatic carbocycles. The number of aromatic hydroxyl groups is 1. The molecule has 1 aromatic heterocycles. The molecule has 2 rings (SSSR count). The van der Waals surface area contributed by atoms with Gasteiger partial charge in [-0.15, -0.1) is 0 Å². The third-order valence-corrected chi connectivity index (χ3v) is 5.24. The van der Waals surface area contributed by atoms with Gasteiger partial charge in [0.1, 0.15) is 29.9 Å². The number of amides is 3. The maximum atomic E-state index is 12.9. The molecule has 0 fully saturated rings. The number of aliphatic hydroxyl groups excluding tert-OH is 2. The van der Waals surface area contributed by atoms with E-state index in [4.69, 9.17) is 5.73 Å². The summed E-state index contributed by atoms with van der Waals surface area (Å²) in [7, 11) is 0. The van der Waals surface area contributed by atoms with E-state index in [1.54, 1.807) is 0 Å². The summed E-state index contributed by atoms with van der Waals surface area (Å²) in [6.45, 7) is 0.443. The van der Waals surface area contributed by atoms with Crippen molar-refractivity contribution in [3.05, 3.63) is 48.0 Å². The number of aliphatic hydroxyl groups is 2. The smallest absolute Gasteiger partial charge is 0.326 e. The number of carbonyl (C=O) groups excluding carboxylic acids is 3. The van der Waals surface area contributed by atoms with Gasteiger partial charge in [0, 0.05) is 24.7 Å². The molecule has 36 heavy (non-hydrogen) atoms. The highest BCUT2D eigenvalue weighted by atomic mass is 16.4. The Kier molecular flexibility index (Phi) is 10.3. The molecule has 0 saturated carbocycles. The van der Waals surface area contributed by atoms with E-state index in [9.17, 15) is 39.6 Å². The molecule has 0 aliphatic rings. The molecule has 0 bridgehead atoms. The molecule has 0 aliphatic heterocycles. The molecule has 5 unspecified atom stereocenters. The van der Waals surface area contributed by atoms with Crippen molar-refractivity contribution >= 4 is 23.7 Å². The number of aromatic amines is 1. The largest absolute Gasteiger partial charge is 0.508 e. The number of H-pyrrole nitrogens is 1. The lowest BCUT2D eigenvalue weighted by Gasteiger charge is -2.24. The number of nitrogens with zero attached hydrogens (tertiary/aromatic N) is 1. The van der Waals surface area contributed by atoms with Crippen LogP contribution in [0.1, 0.15) is 18.2 Å². The Hall–Kier alpha value is -4.01. The Morgan fingerprint density at radius 3 is 2.08 bits per heavy atom. The first-order valence-electron chi connectivity index (χ1n) is 10.9. The van der Waals surface area contributed by atoms with Crippen LogP contribution < -0.4 is 21.7 Å². The number of carbonyl (C=O) groups is 4. The second-order valence-electron chi connectivity index (χ2n) is 8.12. The van der Waals surface area contributed by atoms with Crippen molar-refractivity contribution in [1.82, 2.24) is 25.9 Å². The lowest BCUT2D eigenvalue weighted by molar-refractivity contribution is -0.142. The van der Waals surface area contributed by atoms with Crippen molar-refractivity contribution in [2.24, 2.45) is 5.73 Å². The Labute approximate surface area is 205 Å². The number of imidazole rings is 1. The van der Waals surface area contributed by atoms with Crippen molar-refractivity contribution < 1.29 is 39.6 Å². The molecule has 14 heteroatoms. The number of carboxylic acids is 1. The fourth-order valence-electron chi connectivity index (χ4n) is 3.12. The molecule has 10 N–H and O–H groups in total. The van der Waals surface area contributed by atoms with Crippen LogP contribution in [0.5, 0.6) is 5.75 Å². The second kappa shape index (κ2) is 13.2. The number of phenols is 1. The highest BCUT2D eigenvalue weighted by Gasteiger charge is 2.31. The fourth-order valence-corrected chi connectivity index (χ4v) is 3.12. The molecule has 0 radical (unpaired) electrons. The van der Waals surface area contributed by atoms with Gasteiger partial charge >= 0.3 is 5.97 Å². The maximum absolute atomic E-state index is 12.9. The van der Waals surface area contributed by atoms with E-state index in [0.717, 1.165) is 0 Å². The Bertz CT molecular complexity index is 1030. The summed E-state index contributed by atoms with van der Waals surface area (Å²) in [6, 6.07) is 0.192. The van der Waals surface area contributed by atoms with Crippen molar-refractivity contribution in [2.45, 2.75) is 50.0 Å². The first kappa shape index (κ1) is 28.2. The number of aliphatic carboxylic acids is 1. The van der Waals surface area contributed by atoms with Crippen LogP contribution in [0, 0.1) is 0 Å². The van der Waals surface area contributed by atoms with E-state index in [1.165, 1.54) is 43.7 Å². The molecule has 2 aromatic rings. The highest BCUT2D eigenvalue weighted by molar-refractivity contribution is 5.94. The average Bonchev–Trinajstić information content (AvgIpc) is 3.35. The molecule has 196 valence electrons. The minimum atomic E-state index is -1.54. The lowest BCUT2D eigenvalue weighted by atomic mass is 10.1. The monoisotopic (exact) mass is 506 g/mol. The van der Waals surface area contributed by atoms with Gasteiger partial charge in [-0.05, 0) is 24.6 Å². The Morgan fingerprint density at radius 1 is 0.972 bits per heavy atom. The van der Waals surface area contributed by atoms with Gasteiger partial charge in [0.2, 0.25) is 17.7 Å². The fraction of sp³-hybridized carbons (Fsp3) is 0.409. The molecular weight excluding hydrogens is 476 g/mol. The van der Waals surface area contributed by atoms with Crippen LogP contribution >= 0.6 is 0 Å². The number of aromatic nitrogens is 2. The van der Waals surface area contributed by atoms with E-state index in [2.05, 4.69) is 25.9 Å². The first-order valence-corrected chi connectivity index (χ1v) is 10.9. The summed E-state index contributed by atoms with van der Waals surface area (Å²) >= 11 is 0. The van der Waals surface area contributed by atoms with Crippen LogP contribution in [0.15, 0.2) is 36.8 Å². The molecule has 0 spiro atoms. The maximum Gasteiger partial charge on any atom is 0.326 e. The minimum absolute atomic E-state index is 0.0103. The van der Waals surface area contributed by atoms with Gasteiger partial charge in [0.15, 0.2) is 0 Å². The summed E-state index contributed by atoms with van der Waals surface area (Å²) in [6.07, 6.45) is 1.37. The molecule has 0 saturated heterocycles. The first-order chi connectivity index (χ1) is 17.0. The predicted molar refractivity (Wildman–Crippen MR) is 124 cm³/mol. The van der Waals surface area contributed by atoms with Crippen molar-refractivity contribution in [2.75, 3.05) is 6.61 Å². The molecule has 5 atom stereocenters. The van der Waals surface area contributed by atoms with Crippen LogP contribution in [-0.4, -0.2) is 91.0 Å². The zero-order chi connectivity index (χ0) is 26.8. The number of carboxylic acid groups (broad SMARTS) is 1. The van der Waals surface area contributed by atoms with E-state index < -0.39 is 60.6 Å². The number of hydrogen-bond acceptors (Lipinski definition) is 9. The summed E-state index contributed by atoms with van der Waals surface area (Å²) < 4.78 is 0. The highest BCUT2D eigenvalue weighted by Crippen LogP contribution is 2.11. The third kappa shape index (κ3) is 8.33. The van der Waals surface area contributed by atoms with Crippen LogP contribution in [0.4, 0.5) is 0 Å². The van der Waals surface area contributed by atoms with E-state index in [-0.39, 0.29) is 18.6 Å².